The number of aromatic nitrogens is 2. The van der Waals surface area contributed by atoms with Gasteiger partial charge >= 0.3 is 0 Å². The van der Waals surface area contributed by atoms with E-state index in [0.29, 0.717) is 35.7 Å². The van der Waals surface area contributed by atoms with Crippen LogP contribution in [0.15, 0.2) is 33.2 Å². The van der Waals surface area contributed by atoms with Crippen molar-refractivity contribution in [1.82, 2.24) is 9.55 Å². The third-order valence-electron chi connectivity index (χ3n) is 2.98. The maximum Gasteiger partial charge on any atom is 0.205 e. The summed E-state index contributed by atoms with van der Waals surface area (Å²) in [5.74, 6) is -0.217. The van der Waals surface area contributed by atoms with Crippen LogP contribution in [0.25, 0.3) is 16.7 Å². The van der Waals surface area contributed by atoms with Gasteiger partial charge in [-0.3, -0.25) is 4.57 Å². The predicted molar refractivity (Wildman–Crippen MR) is 90.9 cm³/mol. The van der Waals surface area contributed by atoms with Crippen molar-refractivity contribution in [2.75, 3.05) is 5.73 Å². The molecule has 0 radical (unpaired) electrons. The van der Waals surface area contributed by atoms with E-state index in [1.165, 1.54) is 6.07 Å². The minimum atomic E-state index is -0.414. The van der Waals surface area contributed by atoms with Crippen LogP contribution >= 0.6 is 55.1 Å². The summed E-state index contributed by atoms with van der Waals surface area (Å²) in [6, 6.07) is 6.38. The normalized spacial score (nSPS) is 11.3. The zero-order valence-corrected chi connectivity index (χ0v) is 14.9. The van der Waals surface area contributed by atoms with Crippen LogP contribution in [0.2, 0.25) is 10.0 Å². The number of nitrogens with two attached hydrogens (primary N) is 1. The first-order valence-corrected chi connectivity index (χ1v) is 8.01. The van der Waals surface area contributed by atoms with Gasteiger partial charge in [0.15, 0.2) is 0 Å². The SMILES string of the molecule is Nc1nc2cc(Br)c(F)cc2n1-c1ccc(Br)c(Cl)c1Cl. The Labute approximate surface area is 146 Å². The smallest absolute Gasteiger partial charge is 0.205 e. The Bertz CT molecular complexity index is 880. The van der Waals surface area contributed by atoms with Crippen molar-refractivity contribution in [1.29, 1.82) is 0 Å². The second-order valence-electron chi connectivity index (χ2n) is 4.25. The zero-order chi connectivity index (χ0) is 15.3. The summed E-state index contributed by atoms with van der Waals surface area (Å²) in [6.45, 7) is 0. The van der Waals surface area contributed by atoms with Crippen molar-refractivity contribution in [2.24, 2.45) is 0 Å². The molecule has 21 heavy (non-hydrogen) atoms. The van der Waals surface area contributed by atoms with Crippen molar-refractivity contribution in [2.45, 2.75) is 0 Å². The molecule has 1 aromatic heterocycles. The molecule has 3 rings (SSSR count). The van der Waals surface area contributed by atoms with Crippen molar-refractivity contribution in [3.05, 3.63) is 49.1 Å². The van der Waals surface area contributed by atoms with E-state index in [0.717, 1.165) is 0 Å². The summed E-state index contributed by atoms with van der Waals surface area (Å²) in [6.07, 6.45) is 0. The highest BCUT2D eigenvalue weighted by atomic mass is 79.9. The van der Waals surface area contributed by atoms with Crippen LogP contribution in [0.5, 0.6) is 0 Å². The number of hydrogen-bond acceptors (Lipinski definition) is 2. The molecular formula is C13H6Br2Cl2FN3. The molecule has 3 aromatic rings. The number of imidazole rings is 1. The quantitative estimate of drug-likeness (QED) is 0.489. The molecule has 0 amide bonds. The van der Waals surface area contributed by atoms with Gasteiger partial charge < -0.3 is 5.73 Å². The number of anilines is 1. The lowest BCUT2D eigenvalue weighted by molar-refractivity contribution is 0.622. The van der Waals surface area contributed by atoms with Gasteiger partial charge in [-0.25, -0.2) is 9.37 Å². The summed E-state index contributed by atoms with van der Waals surface area (Å²) < 4.78 is 16.3. The van der Waals surface area contributed by atoms with E-state index in [9.17, 15) is 4.39 Å². The first kappa shape index (κ1) is 15.1. The zero-order valence-electron chi connectivity index (χ0n) is 10.2. The summed E-state index contributed by atoms with van der Waals surface area (Å²) in [5.41, 5.74) is 7.54. The molecule has 2 N–H and O–H groups in total. The topological polar surface area (TPSA) is 43.8 Å². The molecule has 0 bridgehead atoms. The second kappa shape index (κ2) is 5.43. The highest BCUT2D eigenvalue weighted by Gasteiger charge is 2.17. The van der Waals surface area contributed by atoms with E-state index in [4.69, 9.17) is 28.9 Å². The lowest BCUT2D eigenvalue weighted by Crippen LogP contribution is -2.01. The Kier molecular flexibility index (Phi) is 3.90. The number of nitrogen functional groups attached to an aromatic ring is 1. The van der Waals surface area contributed by atoms with Crippen LogP contribution in [0.1, 0.15) is 0 Å². The summed E-state index contributed by atoms with van der Waals surface area (Å²) in [7, 11) is 0. The number of benzene rings is 2. The molecule has 0 fully saturated rings. The van der Waals surface area contributed by atoms with Crippen LogP contribution < -0.4 is 5.73 Å². The van der Waals surface area contributed by atoms with Gasteiger partial charge in [0.25, 0.3) is 0 Å². The molecule has 0 atom stereocenters. The molecule has 0 spiro atoms. The second-order valence-corrected chi connectivity index (χ2v) is 6.72. The Morgan fingerprint density at radius 2 is 1.81 bits per heavy atom. The minimum Gasteiger partial charge on any atom is -0.369 e. The molecule has 0 saturated carbocycles. The molecule has 0 aliphatic heterocycles. The van der Waals surface area contributed by atoms with E-state index in [1.807, 2.05) is 0 Å². The maximum atomic E-state index is 13.8. The van der Waals surface area contributed by atoms with Crippen molar-refractivity contribution >= 4 is 72.0 Å². The van der Waals surface area contributed by atoms with E-state index in [1.54, 1.807) is 22.8 Å². The highest BCUT2D eigenvalue weighted by molar-refractivity contribution is 9.10. The molecule has 108 valence electrons. The van der Waals surface area contributed by atoms with Gasteiger partial charge in [0, 0.05) is 10.5 Å². The molecule has 1 heterocycles. The van der Waals surface area contributed by atoms with E-state index in [2.05, 4.69) is 36.8 Å². The molecule has 8 heteroatoms. The van der Waals surface area contributed by atoms with E-state index in [-0.39, 0.29) is 5.95 Å². The summed E-state index contributed by atoms with van der Waals surface area (Å²) >= 11 is 18.8. The molecule has 2 aromatic carbocycles. The summed E-state index contributed by atoms with van der Waals surface area (Å²) in [4.78, 5) is 4.22. The number of fused-ring (bicyclic) bond motifs is 1. The van der Waals surface area contributed by atoms with Crippen LogP contribution in [-0.2, 0) is 0 Å². The largest absolute Gasteiger partial charge is 0.369 e. The Morgan fingerprint density at radius 1 is 1.10 bits per heavy atom. The monoisotopic (exact) mass is 451 g/mol. The molecule has 0 aliphatic rings. The Morgan fingerprint density at radius 3 is 2.52 bits per heavy atom. The van der Waals surface area contributed by atoms with Gasteiger partial charge in [-0.15, -0.1) is 0 Å². The highest BCUT2D eigenvalue weighted by Crippen LogP contribution is 2.37. The lowest BCUT2D eigenvalue weighted by Gasteiger charge is -2.11. The average molecular weight is 454 g/mol. The van der Waals surface area contributed by atoms with Crippen LogP contribution in [0.3, 0.4) is 0 Å². The fourth-order valence-electron chi connectivity index (χ4n) is 2.03. The van der Waals surface area contributed by atoms with Crippen molar-refractivity contribution in [3.8, 4) is 5.69 Å². The van der Waals surface area contributed by atoms with Crippen LogP contribution in [0, 0.1) is 5.82 Å². The standard InChI is InChI=1S/C13H6Br2Cl2FN3/c14-5-1-2-9(12(17)11(5)16)21-10-4-7(18)6(15)3-8(10)20-13(21)19/h1-4H,(H2,19,20). The van der Waals surface area contributed by atoms with Gasteiger partial charge in [-0.05, 0) is 50.1 Å². The Balaban J connectivity index is 2.38. The summed E-state index contributed by atoms with van der Waals surface area (Å²) in [5, 5.41) is 0.661. The van der Waals surface area contributed by atoms with Crippen molar-refractivity contribution in [3.63, 3.8) is 0 Å². The van der Waals surface area contributed by atoms with E-state index < -0.39 is 5.82 Å². The van der Waals surface area contributed by atoms with Gasteiger partial charge in [-0.2, -0.15) is 0 Å². The van der Waals surface area contributed by atoms with E-state index >= 15 is 0 Å². The first-order chi connectivity index (χ1) is 9.90. The molecule has 0 unspecified atom stereocenters. The number of halogens is 5. The number of nitrogens with zero attached hydrogens (tertiary/aromatic N) is 2. The minimum absolute atomic E-state index is 0.197. The molecule has 0 aliphatic carbocycles. The fourth-order valence-corrected chi connectivity index (χ4v) is 3.22. The first-order valence-electron chi connectivity index (χ1n) is 5.67. The van der Waals surface area contributed by atoms with Crippen LogP contribution in [0.4, 0.5) is 10.3 Å². The van der Waals surface area contributed by atoms with Crippen molar-refractivity contribution < 1.29 is 4.39 Å². The van der Waals surface area contributed by atoms with Crippen LogP contribution in [-0.4, -0.2) is 9.55 Å². The van der Waals surface area contributed by atoms with Gasteiger partial charge in [0.1, 0.15) is 5.82 Å². The maximum absolute atomic E-state index is 13.8. The average Bonchev–Trinajstić information content (AvgIpc) is 2.73. The molecule has 3 nitrogen and oxygen atoms in total. The van der Waals surface area contributed by atoms with Gasteiger partial charge in [0.2, 0.25) is 5.95 Å². The fraction of sp³-hybridized carbons (Fsp3) is 0. The lowest BCUT2D eigenvalue weighted by atomic mass is 10.2. The van der Waals surface area contributed by atoms with Gasteiger partial charge in [0.05, 0.1) is 31.2 Å². The third kappa shape index (κ3) is 2.44. The Hall–Kier alpha value is -0.820. The van der Waals surface area contributed by atoms with Gasteiger partial charge in [-0.1, -0.05) is 23.2 Å². The number of rotatable bonds is 1. The third-order valence-corrected chi connectivity index (χ3v) is 5.35. The molecule has 0 saturated heterocycles. The predicted octanol–water partition coefficient (Wildman–Crippen LogP) is 5.58. The molecular weight excluding hydrogens is 448 g/mol. The number of hydrogen-bond donors (Lipinski definition) is 1.